The fourth-order valence-corrected chi connectivity index (χ4v) is 1.04. The third kappa shape index (κ3) is 1.98. The maximum atomic E-state index is 8.58. The van der Waals surface area contributed by atoms with Gasteiger partial charge in [0.15, 0.2) is 0 Å². The van der Waals surface area contributed by atoms with Crippen LogP contribution in [0.25, 0.3) is 0 Å². The number of hydrogen-bond donors (Lipinski definition) is 2. The highest BCUT2D eigenvalue weighted by atomic mass is 16.5. The summed E-state index contributed by atoms with van der Waals surface area (Å²) >= 11 is 0. The molecule has 0 aliphatic carbocycles. The maximum Gasteiger partial charge on any atom is 0.139 e. The van der Waals surface area contributed by atoms with Crippen molar-refractivity contribution in [3.63, 3.8) is 0 Å². The Balaban J connectivity index is 2.54. The highest BCUT2D eigenvalue weighted by Gasteiger charge is 2.01. The first-order chi connectivity index (χ1) is 5.38. The third-order valence-electron chi connectivity index (χ3n) is 1.61. The van der Waals surface area contributed by atoms with Gasteiger partial charge in [0.05, 0.1) is 7.11 Å². The molecule has 0 atom stereocenters. The Kier molecular flexibility index (Phi) is 2.98. The number of aromatic nitrogens is 1. The van der Waals surface area contributed by atoms with Gasteiger partial charge < -0.3 is 14.8 Å². The summed E-state index contributed by atoms with van der Waals surface area (Å²) in [5.74, 6) is 0.874. The minimum atomic E-state index is 0.230. The zero-order valence-corrected chi connectivity index (χ0v) is 6.63. The predicted octanol–water partition coefficient (Wildman–Crippen LogP) is 0.948. The first-order valence-electron chi connectivity index (χ1n) is 3.69. The van der Waals surface area contributed by atoms with Gasteiger partial charge in [0.1, 0.15) is 5.75 Å². The molecule has 0 amide bonds. The molecule has 2 N–H and O–H groups in total. The molecule has 0 fully saturated rings. The SMILES string of the molecule is COc1c[nH]cc1CCCO. The van der Waals surface area contributed by atoms with Crippen molar-refractivity contribution in [3.8, 4) is 5.75 Å². The number of aryl methyl sites for hydroxylation is 1. The van der Waals surface area contributed by atoms with Crippen LogP contribution in [-0.4, -0.2) is 23.8 Å². The molecule has 1 aromatic rings. The van der Waals surface area contributed by atoms with Crippen molar-refractivity contribution in [3.05, 3.63) is 18.0 Å². The number of aliphatic hydroxyl groups excluding tert-OH is 1. The van der Waals surface area contributed by atoms with E-state index in [4.69, 9.17) is 9.84 Å². The van der Waals surface area contributed by atoms with Crippen molar-refractivity contribution in [1.82, 2.24) is 4.98 Å². The Morgan fingerprint density at radius 3 is 3.00 bits per heavy atom. The Morgan fingerprint density at radius 2 is 2.36 bits per heavy atom. The van der Waals surface area contributed by atoms with Crippen LogP contribution < -0.4 is 4.74 Å². The molecule has 0 saturated carbocycles. The topological polar surface area (TPSA) is 45.2 Å². The van der Waals surface area contributed by atoms with Crippen LogP contribution in [0.5, 0.6) is 5.75 Å². The van der Waals surface area contributed by atoms with E-state index in [0.717, 1.165) is 24.2 Å². The number of aliphatic hydroxyl groups is 1. The quantitative estimate of drug-likeness (QED) is 0.680. The van der Waals surface area contributed by atoms with Crippen molar-refractivity contribution in [1.29, 1.82) is 0 Å². The van der Waals surface area contributed by atoms with Crippen LogP contribution in [0.4, 0.5) is 0 Å². The smallest absolute Gasteiger partial charge is 0.139 e. The third-order valence-corrected chi connectivity index (χ3v) is 1.61. The van der Waals surface area contributed by atoms with E-state index in [1.165, 1.54) is 0 Å². The summed E-state index contributed by atoms with van der Waals surface area (Å²) in [6.45, 7) is 0.230. The molecule has 0 bridgehead atoms. The molecule has 0 aromatic carbocycles. The fourth-order valence-electron chi connectivity index (χ4n) is 1.04. The van der Waals surface area contributed by atoms with Crippen molar-refractivity contribution in [2.45, 2.75) is 12.8 Å². The van der Waals surface area contributed by atoms with E-state index in [1.54, 1.807) is 7.11 Å². The van der Waals surface area contributed by atoms with Crippen LogP contribution in [0.1, 0.15) is 12.0 Å². The van der Waals surface area contributed by atoms with Gasteiger partial charge in [0.25, 0.3) is 0 Å². The predicted molar refractivity (Wildman–Crippen MR) is 42.8 cm³/mol. The monoisotopic (exact) mass is 155 g/mol. The lowest BCUT2D eigenvalue weighted by molar-refractivity contribution is 0.288. The van der Waals surface area contributed by atoms with Gasteiger partial charge in [-0.15, -0.1) is 0 Å². The van der Waals surface area contributed by atoms with E-state index in [9.17, 15) is 0 Å². The zero-order chi connectivity index (χ0) is 8.10. The van der Waals surface area contributed by atoms with Gasteiger partial charge in [-0.05, 0) is 12.8 Å². The van der Waals surface area contributed by atoms with Gasteiger partial charge in [-0.25, -0.2) is 0 Å². The summed E-state index contributed by atoms with van der Waals surface area (Å²) < 4.78 is 5.07. The normalized spacial score (nSPS) is 10.0. The summed E-state index contributed by atoms with van der Waals surface area (Å²) in [6, 6.07) is 0. The average Bonchev–Trinajstić information content (AvgIpc) is 2.47. The molecule has 62 valence electrons. The van der Waals surface area contributed by atoms with Gasteiger partial charge >= 0.3 is 0 Å². The molecule has 0 spiro atoms. The zero-order valence-electron chi connectivity index (χ0n) is 6.63. The number of hydrogen-bond acceptors (Lipinski definition) is 2. The number of rotatable bonds is 4. The van der Waals surface area contributed by atoms with Gasteiger partial charge in [-0.2, -0.15) is 0 Å². The first-order valence-corrected chi connectivity index (χ1v) is 3.69. The summed E-state index contributed by atoms with van der Waals surface area (Å²) in [4.78, 5) is 2.95. The van der Waals surface area contributed by atoms with Crippen LogP contribution >= 0.6 is 0 Å². The molecular weight excluding hydrogens is 142 g/mol. The number of H-pyrrole nitrogens is 1. The van der Waals surface area contributed by atoms with Crippen molar-refractivity contribution < 1.29 is 9.84 Å². The van der Waals surface area contributed by atoms with E-state index in [1.807, 2.05) is 12.4 Å². The van der Waals surface area contributed by atoms with Crippen LogP contribution in [-0.2, 0) is 6.42 Å². The lowest BCUT2D eigenvalue weighted by Crippen LogP contribution is -1.90. The molecule has 3 nitrogen and oxygen atoms in total. The number of nitrogens with one attached hydrogen (secondary N) is 1. The van der Waals surface area contributed by atoms with Crippen molar-refractivity contribution in [2.24, 2.45) is 0 Å². The Morgan fingerprint density at radius 1 is 1.55 bits per heavy atom. The Hall–Kier alpha value is -0.960. The number of methoxy groups -OCH3 is 1. The lowest BCUT2D eigenvalue weighted by Gasteiger charge is -1.99. The summed E-state index contributed by atoms with van der Waals surface area (Å²) in [5, 5.41) is 8.58. The van der Waals surface area contributed by atoms with E-state index in [-0.39, 0.29) is 6.61 Å². The second-order valence-electron chi connectivity index (χ2n) is 2.38. The molecule has 11 heavy (non-hydrogen) atoms. The molecular formula is C8H13NO2. The molecule has 1 heterocycles. The second kappa shape index (κ2) is 4.03. The molecule has 0 aliphatic rings. The minimum Gasteiger partial charge on any atom is -0.495 e. The minimum absolute atomic E-state index is 0.230. The van der Waals surface area contributed by atoms with E-state index in [0.29, 0.717) is 0 Å². The van der Waals surface area contributed by atoms with Crippen LogP contribution in [0.3, 0.4) is 0 Å². The van der Waals surface area contributed by atoms with Crippen LogP contribution in [0.2, 0.25) is 0 Å². The fraction of sp³-hybridized carbons (Fsp3) is 0.500. The lowest BCUT2D eigenvalue weighted by atomic mass is 10.2. The second-order valence-corrected chi connectivity index (χ2v) is 2.38. The van der Waals surface area contributed by atoms with Crippen molar-refractivity contribution >= 4 is 0 Å². The highest BCUT2D eigenvalue weighted by Crippen LogP contribution is 2.17. The van der Waals surface area contributed by atoms with E-state index < -0.39 is 0 Å². The van der Waals surface area contributed by atoms with Gasteiger partial charge in [-0.3, -0.25) is 0 Å². The molecule has 0 radical (unpaired) electrons. The molecule has 0 saturated heterocycles. The van der Waals surface area contributed by atoms with Gasteiger partial charge in [0, 0.05) is 24.6 Å². The van der Waals surface area contributed by atoms with Crippen molar-refractivity contribution in [2.75, 3.05) is 13.7 Å². The Bertz CT molecular complexity index is 208. The van der Waals surface area contributed by atoms with Gasteiger partial charge in [0.2, 0.25) is 0 Å². The van der Waals surface area contributed by atoms with E-state index in [2.05, 4.69) is 4.98 Å². The Labute approximate surface area is 66.0 Å². The molecule has 0 unspecified atom stereocenters. The average molecular weight is 155 g/mol. The van der Waals surface area contributed by atoms with Gasteiger partial charge in [-0.1, -0.05) is 0 Å². The molecule has 0 aliphatic heterocycles. The summed E-state index contributed by atoms with van der Waals surface area (Å²) in [5.41, 5.74) is 1.13. The molecule has 1 aromatic heterocycles. The first kappa shape index (κ1) is 8.14. The van der Waals surface area contributed by atoms with Crippen LogP contribution in [0.15, 0.2) is 12.4 Å². The maximum absolute atomic E-state index is 8.58. The standard InChI is InChI=1S/C8H13NO2/c1-11-8-6-9-5-7(8)3-2-4-10/h5-6,9-10H,2-4H2,1H3. The highest BCUT2D eigenvalue weighted by molar-refractivity contribution is 5.29. The number of ether oxygens (including phenoxy) is 1. The molecule has 1 rings (SSSR count). The van der Waals surface area contributed by atoms with E-state index >= 15 is 0 Å². The molecule has 3 heteroatoms. The summed E-state index contributed by atoms with van der Waals surface area (Å²) in [6.07, 6.45) is 5.36. The number of aromatic amines is 1. The summed E-state index contributed by atoms with van der Waals surface area (Å²) in [7, 11) is 1.64. The van der Waals surface area contributed by atoms with Crippen LogP contribution in [0, 0.1) is 0 Å². The largest absolute Gasteiger partial charge is 0.495 e.